The van der Waals surface area contributed by atoms with Gasteiger partial charge in [-0.15, -0.1) is 0 Å². The summed E-state index contributed by atoms with van der Waals surface area (Å²) >= 11 is 0. The molecule has 0 amide bonds. The van der Waals surface area contributed by atoms with Crippen LogP contribution in [0.5, 0.6) is 11.5 Å². The van der Waals surface area contributed by atoms with E-state index in [-0.39, 0.29) is 5.54 Å². The van der Waals surface area contributed by atoms with Crippen molar-refractivity contribution >= 4 is 5.69 Å². The molecule has 1 atom stereocenters. The lowest BCUT2D eigenvalue weighted by molar-refractivity contribution is 0.174. The fourth-order valence-electron chi connectivity index (χ4n) is 2.99. The molecule has 1 saturated heterocycles. The number of rotatable bonds is 1. The standard InChI is InChI=1S/C15H22N2O2/c1-11-6-7-17(9-15(2,3)16-11)12-4-5-13-14(8-12)19-10-18-13/h4-5,8,11,16H,6-7,9-10H2,1-3H3. The van der Waals surface area contributed by atoms with E-state index in [2.05, 4.69) is 43.1 Å². The summed E-state index contributed by atoms with van der Waals surface area (Å²) < 4.78 is 10.8. The maximum atomic E-state index is 5.47. The Morgan fingerprint density at radius 3 is 2.89 bits per heavy atom. The van der Waals surface area contributed by atoms with E-state index < -0.39 is 0 Å². The molecule has 0 saturated carbocycles. The van der Waals surface area contributed by atoms with Gasteiger partial charge in [-0.05, 0) is 39.3 Å². The number of anilines is 1. The van der Waals surface area contributed by atoms with Crippen molar-refractivity contribution in [1.82, 2.24) is 5.32 Å². The van der Waals surface area contributed by atoms with Crippen molar-refractivity contribution in [2.24, 2.45) is 0 Å². The molecule has 3 rings (SSSR count). The highest BCUT2D eigenvalue weighted by Gasteiger charge is 2.28. The Labute approximate surface area is 114 Å². The molecule has 2 aliphatic rings. The maximum Gasteiger partial charge on any atom is 0.231 e. The van der Waals surface area contributed by atoms with Crippen LogP contribution in [0.3, 0.4) is 0 Å². The Morgan fingerprint density at radius 1 is 1.26 bits per heavy atom. The molecule has 0 spiro atoms. The smallest absolute Gasteiger partial charge is 0.231 e. The van der Waals surface area contributed by atoms with Crippen LogP contribution in [-0.2, 0) is 0 Å². The summed E-state index contributed by atoms with van der Waals surface area (Å²) in [5, 5.41) is 3.67. The number of fused-ring (bicyclic) bond motifs is 1. The van der Waals surface area contributed by atoms with Crippen molar-refractivity contribution in [1.29, 1.82) is 0 Å². The molecular formula is C15H22N2O2. The summed E-state index contributed by atoms with van der Waals surface area (Å²) in [4.78, 5) is 2.43. The predicted molar refractivity (Wildman–Crippen MR) is 76.1 cm³/mol. The van der Waals surface area contributed by atoms with Crippen molar-refractivity contribution < 1.29 is 9.47 Å². The van der Waals surface area contributed by atoms with E-state index in [0.29, 0.717) is 12.8 Å². The Balaban J connectivity index is 1.84. The van der Waals surface area contributed by atoms with Gasteiger partial charge in [-0.1, -0.05) is 0 Å². The molecule has 1 N–H and O–H groups in total. The lowest BCUT2D eigenvalue weighted by Gasteiger charge is -2.32. The third-order valence-electron chi connectivity index (χ3n) is 3.78. The Morgan fingerprint density at radius 2 is 2.05 bits per heavy atom. The van der Waals surface area contributed by atoms with Crippen LogP contribution in [0.25, 0.3) is 0 Å². The molecule has 1 fully saturated rings. The topological polar surface area (TPSA) is 33.7 Å². The number of benzene rings is 1. The van der Waals surface area contributed by atoms with Crippen molar-refractivity contribution in [2.75, 3.05) is 24.8 Å². The lowest BCUT2D eigenvalue weighted by atomic mass is 10.0. The normalized spacial score (nSPS) is 25.2. The largest absolute Gasteiger partial charge is 0.454 e. The molecule has 1 aromatic rings. The summed E-state index contributed by atoms with van der Waals surface area (Å²) in [6, 6.07) is 6.77. The van der Waals surface area contributed by atoms with Gasteiger partial charge in [0.25, 0.3) is 0 Å². The molecule has 4 nitrogen and oxygen atoms in total. The van der Waals surface area contributed by atoms with Crippen molar-refractivity contribution in [2.45, 2.75) is 38.8 Å². The highest BCUT2D eigenvalue weighted by molar-refractivity contribution is 5.57. The van der Waals surface area contributed by atoms with Gasteiger partial charge in [0, 0.05) is 36.4 Å². The second kappa shape index (κ2) is 4.60. The fraction of sp³-hybridized carbons (Fsp3) is 0.600. The summed E-state index contributed by atoms with van der Waals surface area (Å²) in [6.07, 6.45) is 1.15. The van der Waals surface area contributed by atoms with E-state index in [4.69, 9.17) is 9.47 Å². The highest BCUT2D eigenvalue weighted by Crippen LogP contribution is 2.36. The van der Waals surface area contributed by atoms with Gasteiger partial charge in [0.15, 0.2) is 11.5 Å². The van der Waals surface area contributed by atoms with Gasteiger partial charge >= 0.3 is 0 Å². The second-order valence-electron chi connectivity index (χ2n) is 6.18. The Kier molecular flexibility index (Phi) is 3.05. The monoisotopic (exact) mass is 262 g/mol. The first-order chi connectivity index (χ1) is 9.03. The zero-order valence-corrected chi connectivity index (χ0v) is 11.9. The highest BCUT2D eigenvalue weighted by atomic mass is 16.7. The first kappa shape index (κ1) is 12.6. The summed E-state index contributed by atoms with van der Waals surface area (Å²) in [6.45, 7) is 9.17. The third-order valence-corrected chi connectivity index (χ3v) is 3.78. The molecule has 2 aliphatic heterocycles. The van der Waals surface area contributed by atoms with E-state index in [1.54, 1.807) is 0 Å². The van der Waals surface area contributed by atoms with E-state index in [0.717, 1.165) is 31.0 Å². The third kappa shape index (κ3) is 2.63. The zero-order valence-electron chi connectivity index (χ0n) is 11.9. The number of ether oxygens (including phenoxy) is 2. The van der Waals surface area contributed by atoms with Gasteiger partial charge in [-0.2, -0.15) is 0 Å². The van der Waals surface area contributed by atoms with Gasteiger partial charge < -0.3 is 19.7 Å². The van der Waals surface area contributed by atoms with E-state index in [1.165, 1.54) is 5.69 Å². The minimum atomic E-state index is 0.117. The van der Waals surface area contributed by atoms with Crippen LogP contribution in [-0.4, -0.2) is 31.5 Å². The van der Waals surface area contributed by atoms with Crippen LogP contribution in [0, 0.1) is 0 Å². The van der Waals surface area contributed by atoms with Crippen molar-refractivity contribution in [3.63, 3.8) is 0 Å². The van der Waals surface area contributed by atoms with Gasteiger partial charge in [0.1, 0.15) is 0 Å². The minimum absolute atomic E-state index is 0.117. The number of hydrogen-bond acceptors (Lipinski definition) is 4. The first-order valence-electron chi connectivity index (χ1n) is 6.96. The average molecular weight is 262 g/mol. The molecule has 0 bridgehead atoms. The maximum absolute atomic E-state index is 5.47. The molecular weight excluding hydrogens is 240 g/mol. The molecule has 1 aromatic carbocycles. The first-order valence-corrected chi connectivity index (χ1v) is 6.96. The molecule has 0 aliphatic carbocycles. The number of hydrogen-bond donors (Lipinski definition) is 1. The van der Waals surface area contributed by atoms with Crippen LogP contribution in [0.4, 0.5) is 5.69 Å². The quantitative estimate of drug-likeness (QED) is 0.842. The van der Waals surface area contributed by atoms with E-state index >= 15 is 0 Å². The molecule has 104 valence electrons. The van der Waals surface area contributed by atoms with Crippen molar-refractivity contribution in [3.8, 4) is 11.5 Å². The molecule has 1 unspecified atom stereocenters. The second-order valence-corrected chi connectivity index (χ2v) is 6.18. The van der Waals surface area contributed by atoms with Crippen LogP contribution in [0.15, 0.2) is 18.2 Å². The van der Waals surface area contributed by atoms with Crippen molar-refractivity contribution in [3.05, 3.63) is 18.2 Å². The van der Waals surface area contributed by atoms with E-state index in [1.807, 2.05) is 6.07 Å². The average Bonchev–Trinajstić information content (AvgIpc) is 2.75. The van der Waals surface area contributed by atoms with Crippen LogP contribution in [0.1, 0.15) is 27.2 Å². The molecule has 0 aromatic heterocycles. The van der Waals surface area contributed by atoms with Crippen LogP contribution >= 0.6 is 0 Å². The molecule has 2 heterocycles. The van der Waals surface area contributed by atoms with Crippen LogP contribution < -0.4 is 19.7 Å². The van der Waals surface area contributed by atoms with Gasteiger partial charge in [-0.3, -0.25) is 0 Å². The van der Waals surface area contributed by atoms with Crippen LogP contribution in [0.2, 0.25) is 0 Å². The summed E-state index contributed by atoms with van der Waals surface area (Å²) in [7, 11) is 0. The Bertz CT molecular complexity index is 473. The molecule has 4 heteroatoms. The van der Waals surface area contributed by atoms with Gasteiger partial charge in [0.05, 0.1) is 0 Å². The minimum Gasteiger partial charge on any atom is -0.454 e. The van der Waals surface area contributed by atoms with Gasteiger partial charge in [-0.25, -0.2) is 0 Å². The van der Waals surface area contributed by atoms with Gasteiger partial charge in [0.2, 0.25) is 6.79 Å². The molecule has 19 heavy (non-hydrogen) atoms. The Hall–Kier alpha value is -1.42. The predicted octanol–water partition coefficient (Wildman–Crippen LogP) is 2.38. The summed E-state index contributed by atoms with van der Waals surface area (Å²) in [5.74, 6) is 1.71. The molecule has 0 radical (unpaired) electrons. The summed E-state index contributed by atoms with van der Waals surface area (Å²) in [5.41, 5.74) is 1.33. The zero-order chi connectivity index (χ0) is 13.5. The number of nitrogens with one attached hydrogen (secondary N) is 1. The number of nitrogens with zero attached hydrogens (tertiary/aromatic N) is 1. The van der Waals surface area contributed by atoms with E-state index in [9.17, 15) is 0 Å². The SMILES string of the molecule is CC1CCN(c2ccc3c(c2)OCO3)CC(C)(C)N1. The fourth-order valence-corrected chi connectivity index (χ4v) is 2.99. The lowest BCUT2D eigenvalue weighted by Crippen LogP contribution is -2.48.